The zero-order chi connectivity index (χ0) is 20.8. The molecule has 2 rings (SSSR count). The van der Waals surface area contributed by atoms with Crippen molar-refractivity contribution in [2.45, 2.75) is 20.5 Å². The number of aromatic nitrogens is 1. The van der Waals surface area contributed by atoms with Crippen molar-refractivity contribution in [3.05, 3.63) is 52.9 Å². The van der Waals surface area contributed by atoms with Crippen LogP contribution in [0.3, 0.4) is 0 Å². The number of aryl methyl sites for hydroxylation is 1. The van der Waals surface area contributed by atoms with Crippen molar-refractivity contribution in [2.24, 2.45) is 7.05 Å². The van der Waals surface area contributed by atoms with E-state index in [9.17, 15) is 18.4 Å². The zero-order valence-electron chi connectivity index (χ0n) is 16.0. The van der Waals surface area contributed by atoms with E-state index in [1.165, 1.54) is 31.4 Å². The number of Topliss-reactive ketones (excluding diaryl/α,β-unsaturated/α-hetero) is 1. The molecule has 0 N–H and O–H groups in total. The SMILES string of the molecule is COc1cc(/C=C/C(=O)OCC(=O)c2cc(C)n(C)c2C)ccc1OC(F)F. The molecular weight excluding hydrogens is 372 g/mol. The van der Waals surface area contributed by atoms with Gasteiger partial charge in [-0.05, 0) is 43.7 Å². The van der Waals surface area contributed by atoms with Crippen LogP contribution in [0.4, 0.5) is 8.78 Å². The second-order valence-electron chi connectivity index (χ2n) is 6.00. The van der Waals surface area contributed by atoms with Crippen LogP contribution < -0.4 is 9.47 Å². The lowest BCUT2D eigenvalue weighted by Gasteiger charge is -2.10. The van der Waals surface area contributed by atoms with Crippen LogP contribution in [0.25, 0.3) is 6.08 Å². The Balaban J connectivity index is 1.98. The largest absolute Gasteiger partial charge is 0.493 e. The first kappa shape index (κ1) is 21.1. The van der Waals surface area contributed by atoms with Crippen LogP contribution in [-0.4, -0.2) is 36.6 Å². The number of hydrogen-bond donors (Lipinski definition) is 0. The average molecular weight is 393 g/mol. The van der Waals surface area contributed by atoms with Gasteiger partial charge in [0.15, 0.2) is 18.1 Å². The van der Waals surface area contributed by atoms with Gasteiger partial charge in [0.25, 0.3) is 0 Å². The Hall–Kier alpha value is -3.16. The lowest BCUT2D eigenvalue weighted by atomic mass is 10.1. The number of methoxy groups -OCH3 is 1. The van der Waals surface area contributed by atoms with Crippen molar-refractivity contribution < 1.29 is 32.6 Å². The summed E-state index contributed by atoms with van der Waals surface area (Å²) in [4.78, 5) is 24.1. The molecule has 0 saturated heterocycles. The molecule has 0 aliphatic rings. The van der Waals surface area contributed by atoms with Crippen molar-refractivity contribution in [3.63, 3.8) is 0 Å². The minimum atomic E-state index is -2.97. The second kappa shape index (κ2) is 9.16. The molecule has 0 saturated carbocycles. The number of carbonyl (C=O) groups excluding carboxylic acids is 2. The first-order valence-corrected chi connectivity index (χ1v) is 8.36. The van der Waals surface area contributed by atoms with Crippen LogP contribution in [0.2, 0.25) is 0 Å². The maximum atomic E-state index is 12.3. The highest BCUT2D eigenvalue weighted by Crippen LogP contribution is 2.29. The molecule has 0 radical (unpaired) electrons. The van der Waals surface area contributed by atoms with Gasteiger partial charge < -0.3 is 18.8 Å². The minimum Gasteiger partial charge on any atom is -0.493 e. The molecule has 1 heterocycles. The molecule has 0 spiro atoms. The first-order valence-electron chi connectivity index (χ1n) is 8.36. The molecule has 6 nitrogen and oxygen atoms in total. The Bertz CT molecular complexity index is 902. The molecule has 1 aromatic heterocycles. The van der Waals surface area contributed by atoms with E-state index in [4.69, 9.17) is 9.47 Å². The highest BCUT2D eigenvalue weighted by atomic mass is 19.3. The molecule has 0 unspecified atom stereocenters. The number of alkyl halides is 2. The molecule has 150 valence electrons. The van der Waals surface area contributed by atoms with Crippen LogP contribution in [0.1, 0.15) is 27.3 Å². The van der Waals surface area contributed by atoms with E-state index in [2.05, 4.69) is 4.74 Å². The summed E-state index contributed by atoms with van der Waals surface area (Å²) in [5.41, 5.74) is 2.75. The Kier molecular flexibility index (Phi) is 6.92. The monoisotopic (exact) mass is 393 g/mol. The Labute approximate surface area is 161 Å². The number of ketones is 1. The van der Waals surface area contributed by atoms with Crippen LogP contribution in [0.5, 0.6) is 11.5 Å². The fraction of sp³-hybridized carbons (Fsp3) is 0.300. The number of hydrogen-bond acceptors (Lipinski definition) is 5. The van der Waals surface area contributed by atoms with E-state index in [0.717, 1.165) is 17.5 Å². The van der Waals surface area contributed by atoms with Gasteiger partial charge in [0, 0.05) is 30.1 Å². The summed E-state index contributed by atoms with van der Waals surface area (Å²) in [5.74, 6) is -1.01. The molecule has 8 heteroatoms. The number of rotatable bonds is 8. The van der Waals surface area contributed by atoms with E-state index in [1.54, 1.807) is 6.07 Å². The second-order valence-corrected chi connectivity index (χ2v) is 6.00. The van der Waals surface area contributed by atoms with Crippen LogP contribution in [0.15, 0.2) is 30.3 Å². The predicted molar refractivity (Wildman–Crippen MR) is 98.8 cm³/mol. The smallest absolute Gasteiger partial charge is 0.387 e. The van der Waals surface area contributed by atoms with Gasteiger partial charge in [0.1, 0.15) is 0 Å². The number of halogens is 2. The van der Waals surface area contributed by atoms with Gasteiger partial charge in [-0.2, -0.15) is 8.78 Å². The highest BCUT2D eigenvalue weighted by Gasteiger charge is 2.15. The number of ether oxygens (including phenoxy) is 3. The molecule has 0 atom stereocenters. The van der Waals surface area contributed by atoms with E-state index in [0.29, 0.717) is 11.1 Å². The summed E-state index contributed by atoms with van der Waals surface area (Å²) in [5, 5.41) is 0. The third kappa shape index (κ3) is 5.18. The molecule has 0 aliphatic heterocycles. The van der Waals surface area contributed by atoms with Crippen molar-refractivity contribution in [3.8, 4) is 11.5 Å². The summed E-state index contributed by atoms with van der Waals surface area (Å²) in [6.07, 6.45) is 2.55. The van der Waals surface area contributed by atoms with E-state index in [-0.39, 0.29) is 23.9 Å². The van der Waals surface area contributed by atoms with Crippen LogP contribution in [0, 0.1) is 13.8 Å². The van der Waals surface area contributed by atoms with E-state index < -0.39 is 12.6 Å². The van der Waals surface area contributed by atoms with E-state index >= 15 is 0 Å². The maximum absolute atomic E-state index is 12.3. The number of carbonyl (C=O) groups is 2. The molecular formula is C20H21F2NO5. The molecule has 0 bridgehead atoms. The fourth-order valence-electron chi connectivity index (χ4n) is 2.55. The summed E-state index contributed by atoms with van der Waals surface area (Å²) in [6, 6.07) is 5.96. The topological polar surface area (TPSA) is 66.8 Å². The lowest BCUT2D eigenvalue weighted by Crippen LogP contribution is -2.13. The number of benzene rings is 1. The standard InChI is InChI=1S/C20H21F2NO5/c1-12-9-15(13(2)23(12)3)16(24)11-27-19(25)8-6-14-5-7-17(28-20(21)22)18(10-14)26-4/h5-10,20H,11H2,1-4H3/b8-6+. The normalized spacial score (nSPS) is 11.1. The van der Waals surface area contributed by atoms with Gasteiger partial charge in [-0.3, -0.25) is 4.79 Å². The lowest BCUT2D eigenvalue weighted by molar-refractivity contribution is -0.136. The number of esters is 1. The van der Waals surface area contributed by atoms with Gasteiger partial charge >= 0.3 is 12.6 Å². The van der Waals surface area contributed by atoms with Crippen LogP contribution >= 0.6 is 0 Å². The third-order valence-electron chi connectivity index (χ3n) is 4.24. The Morgan fingerprint density at radius 1 is 1.18 bits per heavy atom. The van der Waals surface area contributed by atoms with Gasteiger partial charge in [0.2, 0.25) is 5.78 Å². The van der Waals surface area contributed by atoms with Crippen molar-refractivity contribution in [2.75, 3.05) is 13.7 Å². The first-order chi connectivity index (χ1) is 13.2. The minimum absolute atomic E-state index is 0.0981. The van der Waals surface area contributed by atoms with Gasteiger partial charge in [-0.25, -0.2) is 4.79 Å². The van der Waals surface area contributed by atoms with Gasteiger partial charge in [-0.1, -0.05) is 6.07 Å². The molecule has 1 aromatic carbocycles. The molecule has 2 aromatic rings. The van der Waals surface area contributed by atoms with Gasteiger partial charge in [0.05, 0.1) is 7.11 Å². The predicted octanol–water partition coefficient (Wildman–Crippen LogP) is 3.69. The highest BCUT2D eigenvalue weighted by molar-refractivity contribution is 6.00. The molecule has 0 amide bonds. The van der Waals surface area contributed by atoms with Crippen molar-refractivity contribution in [1.29, 1.82) is 0 Å². The Morgan fingerprint density at radius 2 is 1.89 bits per heavy atom. The molecule has 28 heavy (non-hydrogen) atoms. The fourth-order valence-corrected chi connectivity index (χ4v) is 2.55. The van der Waals surface area contributed by atoms with Crippen molar-refractivity contribution >= 4 is 17.8 Å². The summed E-state index contributed by atoms with van der Waals surface area (Å²) in [6.45, 7) is 0.346. The molecule has 0 fully saturated rings. The quantitative estimate of drug-likeness (QED) is 0.389. The Morgan fingerprint density at radius 3 is 2.46 bits per heavy atom. The third-order valence-corrected chi connectivity index (χ3v) is 4.24. The zero-order valence-corrected chi connectivity index (χ0v) is 16.0. The summed E-state index contributed by atoms with van der Waals surface area (Å²) >= 11 is 0. The average Bonchev–Trinajstić information content (AvgIpc) is 2.92. The van der Waals surface area contributed by atoms with Crippen molar-refractivity contribution in [1.82, 2.24) is 4.57 Å². The summed E-state index contributed by atoms with van der Waals surface area (Å²) < 4.78 is 40.8. The van der Waals surface area contributed by atoms with E-state index in [1.807, 2.05) is 25.5 Å². The maximum Gasteiger partial charge on any atom is 0.387 e. The molecule has 0 aliphatic carbocycles. The van der Waals surface area contributed by atoms with Crippen LogP contribution in [-0.2, 0) is 16.6 Å². The number of nitrogens with zero attached hydrogens (tertiary/aromatic N) is 1. The van der Waals surface area contributed by atoms with Gasteiger partial charge in [-0.15, -0.1) is 0 Å². The summed E-state index contributed by atoms with van der Waals surface area (Å²) in [7, 11) is 3.16.